The van der Waals surface area contributed by atoms with Crippen molar-refractivity contribution in [2.75, 3.05) is 13.1 Å². The van der Waals surface area contributed by atoms with E-state index in [0.29, 0.717) is 18.1 Å². The molecule has 1 heterocycles. The molecule has 18 heavy (non-hydrogen) atoms. The lowest BCUT2D eigenvalue weighted by atomic mass is 10.0. The lowest BCUT2D eigenvalue weighted by Gasteiger charge is -2.42. The van der Waals surface area contributed by atoms with E-state index in [4.69, 9.17) is 11.6 Å². The Bertz CT molecular complexity index is 394. The van der Waals surface area contributed by atoms with Gasteiger partial charge in [0, 0.05) is 36.2 Å². The number of halogens is 1. The summed E-state index contributed by atoms with van der Waals surface area (Å²) in [6.07, 6.45) is 1.18. The molecule has 0 amide bonds. The van der Waals surface area contributed by atoms with Crippen molar-refractivity contribution in [1.82, 2.24) is 10.2 Å². The average Bonchev–Trinajstić information content (AvgIpc) is 2.39. The van der Waals surface area contributed by atoms with E-state index in [1.54, 1.807) is 0 Å². The van der Waals surface area contributed by atoms with Crippen LogP contribution in [-0.2, 0) is 0 Å². The minimum atomic E-state index is 0.379. The van der Waals surface area contributed by atoms with Crippen molar-refractivity contribution in [3.8, 4) is 0 Å². The first-order chi connectivity index (χ1) is 8.63. The molecule has 1 aliphatic rings. The predicted molar refractivity (Wildman–Crippen MR) is 78.1 cm³/mol. The van der Waals surface area contributed by atoms with Crippen LogP contribution in [0.4, 0.5) is 0 Å². The molecule has 0 saturated carbocycles. The van der Waals surface area contributed by atoms with Crippen LogP contribution in [-0.4, -0.2) is 30.1 Å². The molecule has 2 nitrogen and oxygen atoms in total. The topological polar surface area (TPSA) is 15.3 Å². The molecule has 1 saturated heterocycles. The Hall–Kier alpha value is -0.570. The van der Waals surface area contributed by atoms with Gasteiger partial charge in [-0.2, -0.15) is 0 Å². The number of rotatable bonds is 3. The fraction of sp³-hybridized carbons (Fsp3) is 0.600. The van der Waals surface area contributed by atoms with Crippen LogP contribution in [0.15, 0.2) is 24.3 Å². The van der Waals surface area contributed by atoms with Gasteiger partial charge >= 0.3 is 0 Å². The molecule has 0 spiro atoms. The summed E-state index contributed by atoms with van der Waals surface area (Å²) in [7, 11) is 0. The van der Waals surface area contributed by atoms with E-state index in [9.17, 15) is 0 Å². The van der Waals surface area contributed by atoms with E-state index in [-0.39, 0.29) is 0 Å². The van der Waals surface area contributed by atoms with Crippen LogP contribution >= 0.6 is 11.6 Å². The second-order valence-corrected chi connectivity index (χ2v) is 5.66. The number of hydrogen-bond donors (Lipinski definition) is 1. The zero-order chi connectivity index (χ0) is 13.1. The Balaban J connectivity index is 2.16. The molecular weight excluding hydrogens is 244 g/mol. The van der Waals surface area contributed by atoms with Crippen molar-refractivity contribution in [3.63, 3.8) is 0 Å². The van der Waals surface area contributed by atoms with Gasteiger partial charge < -0.3 is 5.32 Å². The normalized spacial score (nSPS) is 27.1. The van der Waals surface area contributed by atoms with Gasteiger partial charge in [0.05, 0.1) is 0 Å². The molecule has 0 aromatic heterocycles. The minimum absolute atomic E-state index is 0.379. The third-order valence-corrected chi connectivity index (χ3v) is 4.39. The summed E-state index contributed by atoms with van der Waals surface area (Å²) >= 11 is 6.31. The fourth-order valence-electron chi connectivity index (χ4n) is 2.76. The molecule has 3 heteroatoms. The van der Waals surface area contributed by atoms with Gasteiger partial charge in [-0.15, -0.1) is 0 Å². The first-order valence-corrected chi connectivity index (χ1v) is 7.24. The molecule has 2 rings (SSSR count). The lowest BCUT2D eigenvalue weighted by Crippen LogP contribution is -2.55. The predicted octanol–water partition coefficient (Wildman–Crippen LogP) is 3.47. The van der Waals surface area contributed by atoms with E-state index in [1.165, 1.54) is 12.0 Å². The van der Waals surface area contributed by atoms with Gasteiger partial charge in [-0.05, 0) is 31.9 Å². The summed E-state index contributed by atoms with van der Waals surface area (Å²) in [6, 6.07) is 9.73. The fourth-order valence-corrected chi connectivity index (χ4v) is 3.05. The third-order valence-electron chi connectivity index (χ3n) is 4.04. The van der Waals surface area contributed by atoms with E-state index in [1.807, 2.05) is 12.1 Å². The zero-order valence-corrected chi connectivity index (χ0v) is 12.2. The number of benzene rings is 1. The molecule has 3 unspecified atom stereocenters. The van der Waals surface area contributed by atoms with Crippen LogP contribution < -0.4 is 5.32 Å². The van der Waals surface area contributed by atoms with E-state index in [2.05, 4.69) is 43.1 Å². The Morgan fingerprint density at radius 3 is 2.83 bits per heavy atom. The van der Waals surface area contributed by atoms with Crippen molar-refractivity contribution in [3.05, 3.63) is 34.9 Å². The number of nitrogens with one attached hydrogen (secondary N) is 1. The molecule has 0 bridgehead atoms. The van der Waals surface area contributed by atoms with Crippen LogP contribution in [0.5, 0.6) is 0 Å². The number of nitrogens with zero attached hydrogens (tertiary/aromatic N) is 1. The summed E-state index contributed by atoms with van der Waals surface area (Å²) in [6.45, 7) is 8.95. The SMILES string of the molecule is CCC1CN(C(C)c2ccccc2Cl)C(C)CN1. The maximum absolute atomic E-state index is 6.31. The average molecular weight is 267 g/mol. The first-order valence-electron chi connectivity index (χ1n) is 6.87. The van der Waals surface area contributed by atoms with Crippen molar-refractivity contribution < 1.29 is 0 Å². The summed E-state index contributed by atoms with van der Waals surface area (Å²) in [4.78, 5) is 2.56. The van der Waals surface area contributed by atoms with Crippen LogP contribution in [0.2, 0.25) is 5.02 Å². The van der Waals surface area contributed by atoms with Crippen molar-refractivity contribution in [2.24, 2.45) is 0 Å². The number of piperazine rings is 1. The lowest BCUT2D eigenvalue weighted by molar-refractivity contribution is 0.0976. The van der Waals surface area contributed by atoms with Gasteiger partial charge in [-0.25, -0.2) is 0 Å². The summed E-state index contributed by atoms with van der Waals surface area (Å²) in [5.41, 5.74) is 1.24. The maximum Gasteiger partial charge on any atom is 0.0453 e. The summed E-state index contributed by atoms with van der Waals surface area (Å²) in [5, 5.41) is 4.47. The monoisotopic (exact) mass is 266 g/mol. The van der Waals surface area contributed by atoms with Gasteiger partial charge in [0.1, 0.15) is 0 Å². The third kappa shape index (κ3) is 2.87. The molecular formula is C15H23ClN2. The largest absolute Gasteiger partial charge is 0.311 e. The van der Waals surface area contributed by atoms with E-state index in [0.717, 1.165) is 18.1 Å². The second-order valence-electron chi connectivity index (χ2n) is 5.26. The zero-order valence-electron chi connectivity index (χ0n) is 11.5. The van der Waals surface area contributed by atoms with Crippen LogP contribution in [0.3, 0.4) is 0 Å². The highest BCUT2D eigenvalue weighted by atomic mass is 35.5. The van der Waals surface area contributed by atoms with Gasteiger partial charge in [0.2, 0.25) is 0 Å². The molecule has 1 fully saturated rings. The first kappa shape index (κ1) is 13.9. The molecule has 3 atom stereocenters. The quantitative estimate of drug-likeness (QED) is 0.901. The van der Waals surface area contributed by atoms with Gasteiger partial charge in [0.25, 0.3) is 0 Å². The van der Waals surface area contributed by atoms with Crippen molar-refractivity contribution in [1.29, 1.82) is 0 Å². The van der Waals surface area contributed by atoms with Crippen LogP contribution in [0.1, 0.15) is 38.8 Å². The Kier molecular flexibility index (Phi) is 4.66. The summed E-state index contributed by atoms with van der Waals surface area (Å²) < 4.78 is 0. The van der Waals surface area contributed by atoms with Crippen molar-refractivity contribution >= 4 is 11.6 Å². The van der Waals surface area contributed by atoms with Gasteiger partial charge in [-0.1, -0.05) is 36.7 Å². The standard InChI is InChI=1S/C15H23ClN2/c1-4-13-10-18(11(2)9-17-13)12(3)14-7-5-6-8-15(14)16/h5-8,11-13,17H,4,9-10H2,1-3H3. The van der Waals surface area contributed by atoms with Crippen molar-refractivity contribution in [2.45, 2.75) is 45.3 Å². The molecule has 1 aliphatic heterocycles. The highest BCUT2D eigenvalue weighted by Gasteiger charge is 2.28. The minimum Gasteiger partial charge on any atom is -0.311 e. The Labute approximate surface area is 115 Å². The second kappa shape index (κ2) is 6.05. The smallest absolute Gasteiger partial charge is 0.0453 e. The molecule has 100 valence electrons. The molecule has 1 aromatic rings. The highest BCUT2D eigenvalue weighted by Crippen LogP contribution is 2.29. The molecule has 0 aliphatic carbocycles. The Morgan fingerprint density at radius 2 is 2.17 bits per heavy atom. The molecule has 0 radical (unpaired) electrons. The molecule has 1 N–H and O–H groups in total. The van der Waals surface area contributed by atoms with Crippen LogP contribution in [0, 0.1) is 0 Å². The van der Waals surface area contributed by atoms with Gasteiger partial charge in [0.15, 0.2) is 0 Å². The maximum atomic E-state index is 6.31. The van der Waals surface area contributed by atoms with Gasteiger partial charge in [-0.3, -0.25) is 4.90 Å². The van der Waals surface area contributed by atoms with E-state index < -0.39 is 0 Å². The van der Waals surface area contributed by atoms with Crippen LogP contribution in [0.25, 0.3) is 0 Å². The highest BCUT2D eigenvalue weighted by molar-refractivity contribution is 6.31. The molecule has 1 aromatic carbocycles. The Morgan fingerprint density at radius 1 is 1.44 bits per heavy atom. The van der Waals surface area contributed by atoms with E-state index >= 15 is 0 Å². The summed E-state index contributed by atoms with van der Waals surface area (Å²) in [5.74, 6) is 0. The number of hydrogen-bond acceptors (Lipinski definition) is 2.